The van der Waals surface area contributed by atoms with Crippen LogP contribution in [0.4, 0.5) is 0 Å². The second-order valence-electron chi connectivity index (χ2n) is 5.10. The highest BCUT2D eigenvalue weighted by Gasteiger charge is 2.20. The van der Waals surface area contributed by atoms with Crippen LogP contribution in [0.25, 0.3) is 5.65 Å². The Hall–Kier alpha value is -2.41. The summed E-state index contributed by atoms with van der Waals surface area (Å²) < 4.78 is 1.68. The first-order chi connectivity index (χ1) is 10.5. The number of aromatic amines is 1. The van der Waals surface area contributed by atoms with Gasteiger partial charge in [-0.2, -0.15) is 5.10 Å². The molecule has 0 saturated heterocycles. The second kappa shape index (κ2) is 5.42. The van der Waals surface area contributed by atoms with Gasteiger partial charge in [0.15, 0.2) is 5.82 Å². The summed E-state index contributed by atoms with van der Waals surface area (Å²) in [5.74, 6) is 0.992. The van der Waals surface area contributed by atoms with E-state index in [1.165, 1.54) is 0 Å². The smallest absolute Gasteiger partial charge is 0.270 e. The normalized spacial score (nSPS) is 12.5. The van der Waals surface area contributed by atoms with E-state index in [0.717, 1.165) is 0 Å². The first kappa shape index (κ1) is 14.5. The van der Waals surface area contributed by atoms with E-state index in [2.05, 4.69) is 25.5 Å². The van der Waals surface area contributed by atoms with Gasteiger partial charge in [-0.3, -0.25) is 14.3 Å². The molecule has 0 unspecified atom stereocenters. The fraction of sp³-hybridized carbons (Fsp3) is 0.286. The molecule has 1 atom stereocenters. The summed E-state index contributed by atoms with van der Waals surface area (Å²) in [7, 11) is 0. The average molecular weight is 319 g/mol. The molecule has 114 valence electrons. The van der Waals surface area contributed by atoms with Gasteiger partial charge in [0.05, 0.1) is 16.8 Å². The Kier molecular flexibility index (Phi) is 3.58. The van der Waals surface area contributed by atoms with Crippen LogP contribution in [-0.2, 0) is 0 Å². The number of hydrogen-bond acceptors (Lipinski definition) is 4. The maximum Gasteiger partial charge on any atom is 0.270 e. The molecule has 3 aromatic heterocycles. The van der Waals surface area contributed by atoms with Crippen LogP contribution in [0.1, 0.15) is 40.8 Å². The molecule has 0 aliphatic rings. The van der Waals surface area contributed by atoms with Gasteiger partial charge in [-0.25, -0.2) is 9.97 Å². The highest BCUT2D eigenvalue weighted by atomic mass is 35.5. The third-order valence-corrected chi connectivity index (χ3v) is 3.54. The van der Waals surface area contributed by atoms with Crippen molar-refractivity contribution in [1.82, 2.24) is 29.9 Å². The molecule has 3 heterocycles. The Morgan fingerprint density at radius 3 is 2.82 bits per heavy atom. The van der Waals surface area contributed by atoms with Gasteiger partial charge in [0.25, 0.3) is 5.91 Å². The molecule has 8 heteroatoms. The minimum absolute atomic E-state index is 0.248. The zero-order valence-electron chi connectivity index (χ0n) is 12.4. The second-order valence-corrected chi connectivity index (χ2v) is 5.53. The van der Waals surface area contributed by atoms with Crippen molar-refractivity contribution in [3.8, 4) is 0 Å². The van der Waals surface area contributed by atoms with Crippen LogP contribution in [0.15, 0.2) is 18.3 Å². The Bertz CT molecular complexity index is 852. The number of hydrogen-bond donors (Lipinski definition) is 2. The summed E-state index contributed by atoms with van der Waals surface area (Å²) in [6.45, 7) is 5.42. The molecule has 7 nitrogen and oxygen atoms in total. The summed E-state index contributed by atoms with van der Waals surface area (Å²) in [5.41, 5.74) is 1.77. The SMILES string of the molecule is Cc1nc([C@@H](C)NC(=O)c2c(C)nc3ccc(Cl)cn23)n[nH]1. The van der Waals surface area contributed by atoms with Gasteiger partial charge in [0.1, 0.15) is 17.2 Å². The zero-order chi connectivity index (χ0) is 15.9. The predicted octanol–water partition coefficient (Wildman–Crippen LogP) is 2.21. The van der Waals surface area contributed by atoms with Crippen LogP contribution < -0.4 is 5.32 Å². The maximum atomic E-state index is 12.6. The minimum Gasteiger partial charge on any atom is -0.341 e. The maximum absolute atomic E-state index is 12.6. The Morgan fingerprint density at radius 1 is 1.36 bits per heavy atom. The molecule has 0 aromatic carbocycles. The van der Waals surface area contributed by atoms with E-state index in [-0.39, 0.29) is 11.9 Å². The number of aromatic nitrogens is 5. The van der Waals surface area contributed by atoms with E-state index in [4.69, 9.17) is 11.6 Å². The zero-order valence-corrected chi connectivity index (χ0v) is 13.1. The lowest BCUT2D eigenvalue weighted by atomic mass is 10.2. The third kappa shape index (κ3) is 2.55. The van der Waals surface area contributed by atoms with E-state index in [9.17, 15) is 4.79 Å². The molecular weight excluding hydrogens is 304 g/mol. The quantitative estimate of drug-likeness (QED) is 0.775. The number of rotatable bonds is 3. The largest absolute Gasteiger partial charge is 0.341 e. The monoisotopic (exact) mass is 318 g/mol. The first-order valence-electron chi connectivity index (χ1n) is 6.79. The highest BCUT2D eigenvalue weighted by molar-refractivity contribution is 6.30. The number of imidazole rings is 1. The molecule has 0 aliphatic heterocycles. The van der Waals surface area contributed by atoms with Crippen molar-refractivity contribution in [3.05, 3.63) is 46.4 Å². The number of fused-ring (bicyclic) bond motifs is 1. The molecule has 3 aromatic rings. The molecule has 0 bridgehead atoms. The van der Waals surface area contributed by atoms with Crippen molar-refractivity contribution in [1.29, 1.82) is 0 Å². The van der Waals surface area contributed by atoms with Crippen LogP contribution >= 0.6 is 11.6 Å². The van der Waals surface area contributed by atoms with E-state index in [1.54, 1.807) is 29.7 Å². The van der Waals surface area contributed by atoms with Crippen LogP contribution in [-0.4, -0.2) is 30.5 Å². The van der Waals surface area contributed by atoms with E-state index < -0.39 is 0 Å². The Balaban J connectivity index is 1.92. The molecular formula is C14H15ClN6O. The summed E-state index contributed by atoms with van der Waals surface area (Å²) in [4.78, 5) is 21.1. The van der Waals surface area contributed by atoms with Crippen molar-refractivity contribution in [3.63, 3.8) is 0 Å². The van der Waals surface area contributed by atoms with E-state index in [0.29, 0.717) is 33.7 Å². The lowest BCUT2D eigenvalue weighted by molar-refractivity contribution is 0.0931. The predicted molar refractivity (Wildman–Crippen MR) is 81.9 cm³/mol. The number of nitrogens with one attached hydrogen (secondary N) is 2. The van der Waals surface area contributed by atoms with Crippen LogP contribution in [0.5, 0.6) is 0 Å². The van der Waals surface area contributed by atoms with Gasteiger partial charge < -0.3 is 5.32 Å². The van der Waals surface area contributed by atoms with Gasteiger partial charge in [-0.05, 0) is 32.9 Å². The van der Waals surface area contributed by atoms with E-state index >= 15 is 0 Å². The molecule has 0 aliphatic carbocycles. The molecule has 0 fully saturated rings. The number of carbonyl (C=O) groups excluding carboxylic acids is 1. The van der Waals surface area contributed by atoms with Gasteiger partial charge in [-0.15, -0.1) is 0 Å². The number of amides is 1. The van der Waals surface area contributed by atoms with Crippen molar-refractivity contribution in [2.75, 3.05) is 0 Å². The number of carbonyl (C=O) groups is 1. The van der Waals surface area contributed by atoms with E-state index in [1.807, 2.05) is 13.8 Å². The molecule has 0 spiro atoms. The number of H-pyrrole nitrogens is 1. The van der Waals surface area contributed by atoms with Crippen molar-refractivity contribution in [2.24, 2.45) is 0 Å². The summed E-state index contributed by atoms with van der Waals surface area (Å²) >= 11 is 6.00. The van der Waals surface area contributed by atoms with Gasteiger partial charge >= 0.3 is 0 Å². The number of pyridine rings is 1. The van der Waals surface area contributed by atoms with Gasteiger partial charge in [0, 0.05) is 6.20 Å². The average Bonchev–Trinajstić information content (AvgIpc) is 3.01. The first-order valence-corrected chi connectivity index (χ1v) is 7.17. The molecule has 0 radical (unpaired) electrons. The summed E-state index contributed by atoms with van der Waals surface area (Å²) in [6, 6.07) is 3.19. The molecule has 22 heavy (non-hydrogen) atoms. The number of aryl methyl sites for hydroxylation is 2. The highest BCUT2D eigenvalue weighted by Crippen LogP contribution is 2.17. The number of nitrogens with zero attached hydrogens (tertiary/aromatic N) is 4. The van der Waals surface area contributed by atoms with Crippen LogP contribution in [0.3, 0.4) is 0 Å². The van der Waals surface area contributed by atoms with Crippen LogP contribution in [0.2, 0.25) is 5.02 Å². The molecule has 3 rings (SSSR count). The van der Waals surface area contributed by atoms with Crippen molar-refractivity contribution >= 4 is 23.2 Å². The van der Waals surface area contributed by atoms with Crippen LogP contribution in [0, 0.1) is 13.8 Å². The minimum atomic E-state index is -0.318. The fourth-order valence-corrected chi connectivity index (χ4v) is 2.45. The molecule has 0 saturated carbocycles. The fourth-order valence-electron chi connectivity index (χ4n) is 2.29. The third-order valence-electron chi connectivity index (χ3n) is 3.32. The lowest BCUT2D eigenvalue weighted by Gasteiger charge is -2.11. The standard InChI is InChI=1S/C14H15ClN6O/c1-7-12(21-6-10(15)4-5-11(21)16-7)14(22)17-8(2)13-18-9(3)19-20-13/h4-6,8H,1-3H3,(H,17,22)(H,18,19,20)/t8-/m1/s1. The topological polar surface area (TPSA) is 88.0 Å². The van der Waals surface area contributed by atoms with Crippen molar-refractivity contribution < 1.29 is 4.79 Å². The Morgan fingerprint density at radius 2 is 2.14 bits per heavy atom. The summed E-state index contributed by atoms with van der Waals surface area (Å²) in [6.07, 6.45) is 1.67. The van der Waals surface area contributed by atoms with Gasteiger partial charge in [0.2, 0.25) is 0 Å². The molecule has 2 N–H and O–H groups in total. The summed E-state index contributed by atoms with van der Waals surface area (Å²) in [5, 5.41) is 10.2. The Labute approximate surface area is 131 Å². The lowest BCUT2D eigenvalue weighted by Crippen LogP contribution is -2.29. The number of halogens is 1. The molecule has 1 amide bonds. The van der Waals surface area contributed by atoms with Crippen molar-refractivity contribution in [2.45, 2.75) is 26.8 Å². The van der Waals surface area contributed by atoms with Gasteiger partial charge in [-0.1, -0.05) is 11.6 Å².